The second-order valence-electron chi connectivity index (χ2n) is 10.8. The molecule has 44 heavy (non-hydrogen) atoms. The number of anilines is 2. The molecule has 10 heteroatoms. The van der Waals surface area contributed by atoms with Gasteiger partial charge in [0, 0.05) is 80.1 Å². The molecular formula is C34H35FN6O3. The zero-order valence-electron chi connectivity index (χ0n) is 24.7. The SMILES string of the molecule is CN=CC(=CN)c1cnc(N)c(-c2ccc(NC(=O)c3cn(CC4CCOCC4)cc(-c4ccc(C)cc4)c3=O)c(F)c2)c1. The molecule has 1 saturated heterocycles. The van der Waals surface area contributed by atoms with Gasteiger partial charge in [-0.15, -0.1) is 0 Å². The molecule has 1 aliphatic rings. The molecule has 0 spiro atoms. The zero-order chi connectivity index (χ0) is 31.2. The molecule has 5 N–H and O–H groups in total. The van der Waals surface area contributed by atoms with Crippen LogP contribution in [-0.2, 0) is 11.3 Å². The molecule has 2 aromatic carbocycles. The van der Waals surface area contributed by atoms with Gasteiger partial charge in [0.2, 0.25) is 5.43 Å². The summed E-state index contributed by atoms with van der Waals surface area (Å²) in [5.41, 5.74) is 15.7. The molecule has 1 amide bonds. The molecule has 0 aliphatic carbocycles. The van der Waals surface area contributed by atoms with E-state index in [1.165, 1.54) is 18.3 Å². The molecule has 0 saturated carbocycles. The van der Waals surface area contributed by atoms with Crippen LogP contribution < -0.4 is 22.2 Å². The van der Waals surface area contributed by atoms with Gasteiger partial charge < -0.3 is 26.1 Å². The predicted molar refractivity (Wildman–Crippen MR) is 173 cm³/mol. The summed E-state index contributed by atoms with van der Waals surface area (Å²) in [4.78, 5) is 35.4. The summed E-state index contributed by atoms with van der Waals surface area (Å²) in [6, 6.07) is 13.6. The average Bonchev–Trinajstić information content (AvgIpc) is 3.03. The Bertz CT molecular complexity index is 1790. The van der Waals surface area contributed by atoms with E-state index in [-0.39, 0.29) is 17.1 Å². The topological polar surface area (TPSA) is 138 Å². The Morgan fingerprint density at radius 3 is 2.52 bits per heavy atom. The number of carbonyl (C=O) groups excluding carboxylic acids is 1. The number of aromatic nitrogens is 2. The maximum atomic E-state index is 15.4. The predicted octanol–water partition coefficient (Wildman–Crippen LogP) is 5.29. The smallest absolute Gasteiger partial charge is 0.261 e. The van der Waals surface area contributed by atoms with E-state index >= 15 is 4.39 Å². The number of carbonyl (C=O) groups is 1. The summed E-state index contributed by atoms with van der Waals surface area (Å²) in [6.07, 6.45) is 9.67. The van der Waals surface area contributed by atoms with Crippen molar-refractivity contribution in [1.29, 1.82) is 0 Å². The van der Waals surface area contributed by atoms with Crippen molar-refractivity contribution in [2.45, 2.75) is 26.3 Å². The number of nitrogens with two attached hydrogens (primary N) is 2. The van der Waals surface area contributed by atoms with E-state index in [1.54, 1.807) is 44.0 Å². The van der Waals surface area contributed by atoms with E-state index in [0.29, 0.717) is 59.1 Å². The van der Waals surface area contributed by atoms with Crippen LogP contribution in [0.4, 0.5) is 15.9 Å². The molecule has 0 unspecified atom stereocenters. The third kappa shape index (κ3) is 6.76. The molecule has 5 rings (SSSR count). The second-order valence-corrected chi connectivity index (χ2v) is 10.8. The highest BCUT2D eigenvalue weighted by Crippen LogP contribution is 2.30. The molecule has 3 heterocycles. The maximum Gasteiger partial charge on any atom is 0.261 e. The van der Waals surface area contributed by atoms with Crippen molar-refractivity contribution in [2.75, 3.05) is 31.3 Å². The quantitative estimate of drug-likeness (QED) is 0.237. The molecule has 1 aliphatic heterocycles. The van der Waals surface area contributed by atoms with E-state index in [0.717, 1.165) is 18.4 Å². The summed E-state index contributed by atoms with van der Waals surface area (Å²) in [7, 11) is 1.62. The molecular weight excluding hydrogens is 559 g/mol. The van der Waals surface area contributed by atoms with Crippen LogP contribution >= 0.6 is 0 Å². The van der Waals surface area contributed by atoms with Crippen LogP contribution in [0.2, 0.25) is 0 Å². The maximum absolute atomic E-state index is 15.4. The number of amides is 1. The standard InChI is InChI=1S/C34H35FN6O3/c1-21-3-5-23(6-4-21)28-19-41(18-22-9-11-44-12-10-22)20-29(32(28)42)34(43)40-31-8-7-24(14-30(31)35)27-13-25(17-39-33(27)37)26(15-36)16-38-2/h3-8,13-17,19-20,22H,9-12,18,36H2,1-2H3,(H2,37,39)(H,40,43). The summed E-state index contributed by atoms with van der Waals surface area (Å²) in [5.74, 6) is -0.837. The number of benzene rings is 2. The molecule has 226 valence electrons. The molecule has 0 bridgehead atoms. The van der Waals surface area contributed by atoms with E-state index in [9.17, 15) is 9.59 Å². The summed E-state index contributed by atoms with van der Waals surface area (Å²) in [6.45, 7) is 3.96. The van der Waals surface area contributed by atoms with Gasteiger partial charge in [-0.2, -0.15) is 0 Å². The Balaban J connectivity index is 1.46. The Hall–Kier alpha value is -5.09. The van der Waals surface area contributed by atoms with E-state index in [2.05, 4.69) is 15.3 Å². The number of aryl methyl sites for hydroxylation is 1. The Morgan fingerprint density at radius 2 is 1.84 bits per heavy atom. The van der Waals surface area contributed by atoms with Crippen LogP contribution in [0.1, 0.15) is 34.3 Å². The highest BCUT2D eigenvalue weighted by molar-refractivity contribution is 6.10. The lowest BCUT2D eigenvalue weighted by atomic mass is 9.99. The van der Waals surface area contributed by atoms with Crippen molar-refractivity contribution in [2.24, 2.45) is 16.6 Å². The fourth-order valence-corrected chi connectivity index (χ4v) is 5.26. The zero-order valence-corrected chi connectivity index (χ0v) is 24.7. The first-order chi connectivity index (χ1) is 21.3. The lowest BCUT2D eigenvalue weighted by molar-refractivity contribution is 0.0612. The number of aliphatic imine (C=N–C) groups is 1. The normalized spacial score (nSPS) is 14.2. The van der Waals surface area contributed by atoms with Crippen LogP contribution in [0.3, 0.4) is 0 Å². The third-order valence-electron chi connectivity index (χ3n) is 7.72. The molecule has 2 aromatic heterocycles. The first-order valence-corrected chi connectivity index (χ1v) is 14.4. The van der Waals surface area contributed by atoms with Crippen LogP contribution in [0.15, 0.2) is 83.1 Å². The molecule has 0 radical (unpaired) electrons. The van der Waals surface area contributed by atoms with Gasteiger partial charge in [0.25, 0.3) is 5.91 Å². The summed E-state index contributed by atoms with van der Waals surface area (Å²) < 4.78 is 22.8. The van der Waals surface area contributed by atoms with E-state index < -0.39 is 17.2 Å². The minimum absolute atomic E-state index is 0.0709. The monoisotopic (exact) mass is 594 g/mol. The van der Waals surface area contributed by atoms with Gasteiger partial charge in [0.1, 0.15) is 17.2 Å². The molecule has 0 atom stereocenters. The highest BCUT2D eigenvalue weighted by Gasteiger charge is 2.21. The average molecular weight is 595 g/mol. The second kappa shape index (κ2) is 13.5. The van der Waals surface area contributed by atoms with Crippen LogP contribution in [0.25, 0.3) is 27.8 Å². The van der Waals surface area contributed by atoms with Gasteiger partial charge in [-0.05, 0) is 55.0 Å². The number of nitrogens with zero attached hydrogens (tertiary/aromatic N) is 3. The van der Waals surface area contributed by atoms with Gasteiger partial charge in [-0.1, -0.05) is 35.9 Å². The minimum atomic E-state index is -0.698. The number of hydrogen-bond donors (Lipinski definition) is 3. The first-order valence-electron chi connectivity index (χ1n) is 14.4. The van der Waals surface area contributed by atoms with Gasteiger partial charge in [-0.3, -0.25) is 14.6 Å². The summed E-state index contributed by atoms with van der Waals surface area (Å²) >= 11 is 0. The fourth-order valence-electron chi connectivity index (χ4n) is 5.26. The number of ether oxygens (including phenoxy) is 1. The number of halogens is 1. The first kappa shape index (κ1) is 30.4. The van der Waals surface area contributed by atoms with Crippen LogP contribution in [0, 0.1) is 18.7 Å². The minimum Gasteiger partial charge on any atom is -0.404 e. The number of nitrogens with one attached hydrogen (secondary N) is 1. The van der Waals surface area contributed by atoms with Crippen molar-refractivity contribution in [3.63, 3.8) is 0 Å². The molecule has 4 aromatic rings. The van der Waals surface area contributed by atoms with Crippen molar-refractivity contribution < 1.29 is 13.9 Å². The van der Waals surface area contributed by atoms with E-state index in [4.69, 9.17) is 16.2 Å². The Morgan fingerprint density at radius 1 is 1.11 bits per heavy atom. The van der Waals surface area contributed by atoms with Gasteiger partial charge >= 0.3 is 0 Å². The van der Waals surface area contributed by atoms with Crippen molar-refractivity contribution >= 4 is 29.2 Å². The highest BCUT2D eigenvalue weighted by atomic mass is 19.1. The van der Waals surface area contributed by atoms with E-state index in [1.807, 2.05) is 35.8 Å². The lowest BCUT2D eigenvalue weighted by Crippen LogP contribution is -2.27. The van der Waals surface area contributed by atoms with Gasteiger partial charge in [0.05, 0.1) is 5.69 Å². The fraction of sp³-hybridized carbons (Fsp3) is 0.235. The number of allylic oxidation sites excluding steroid dienone is 1. The number of pyridine rings is 2. The van der Waals surface area contributed by atoms with Crippen molar-refractivity contribution in [3.8, 4) is 22.3 Å². The summed E-state index contributed by atoms with van der Waals surface area (Å²) in [5, 5.41) is 2.60. The van der Waals surface area contributed by atoms with Crippen LogP contribution in [0.5, 0.6) is 0 Å². The molecule has 1 fully saturated rings. The van der Waals surface area contributed by atoms with Gasteiger partial charge in [-0.25, -0.2) is 9.37 Å². The number of rotatable bonds is 8. The molecule has 9 nitrogen and oxygen atoms in total. The number of hydrogen-bond acceptors (Lipinski definition) is 7. The Labute approximate surface area is 255 Å². The van der Waals surface area contributed by atoms with Crippen molar-refractivity contribution in [1.82, 2.24) is 9.55 Å². The largest absolute Gasteiger partial charge is 0.404 e. The third-order valence-corrected chi connectivity index (χ3v) is 7.72. The van der Waals surface area contributed by atoms with Crippen molar-refractivity contribution in [3.05, 3.63) is 106 Å². The number of nitrogen functional groups attached to an aromatic ring is 1. The van der Waals surface area contributed by atoms with Gasteiger partial charge in [0.15, 0.2) is 0 Å². The Kier molecular flexibility index (Phi) is 9.30. The van der Waals surface area contributed by atoms with Crippen LogP contribution in [-0.4, -0.2) is 41.9 Å². The lowest BCUT2D eigenvalue weighted by Gasteiger charge is -2.23.